The second-order valence-electron chi connectivity index (χ2n) is 9.27. The number of nitrogens with one attached hydrogen (secondary N) is 1. The van der Waals surface area contributed by atoms with Gasteiger partial charge in [-0.05, 0) is 75.0 Å². The van der Waals surface area contributed by atoms with Crippen molar-refractivity contribution in [1.82, 2.24) is 10.2 Å². The lowest BCUT2D eigenvalue weighted by Gasteiger charge is -2.30. The maximum atomic E-state index is 13.7. The van der Waals surface area contributed by atoms with Crippen LogP contribution in [-0.2, 0) is 14.3 Å². The van der Waals surface area contributed by atoms with E-state index < -0.39 is 0 Å². The van der Waals surface area contributed by atoms with E-state index in [1.807, 2.05) is 42.5 Å². The summed E-state index contributed by atoms with van der Waals surface area (Å²) in [5, 5.41) is 3.33. The van der Waals surface area contributed by atoms with Gasteiger partial charge in [0.2, 0.25) is 0 Å². The first-order valence-corrected chi connectivity index (χ1v) is 12.6. The lowest BCUT2D eigenvalue weighted by Crippen LogP contribution is -2.40. The van der Waals surface area contributed by atoms with Crippen LogP contribution < -0.4 is 10.1 Å². The van der Waals surface area contributed by atoms with Crippen molar-refractivity contribution in [3.63, 3.8) is 0 Å². The molecule has 6 heteroatoms. The Labute approximate surface area is 210 Å². The highest BCUT2D eigenvalue weighted by molar-refractivity contribution is 6.27. The number of nitrogens with zero attached hydrogens (tertiary/aromatic N) is 1. The summed E-state index contributed by atoms with van der Waals surface area (Å²) < 4.78 is 16.6. The predicted molar refractivity (Wildman–Crippen MR) is 141 cm³/mol. The summed E-state index contributed by atoms with van der Waals surface area (Å²) in [7, 11) is 5.71. The molecule has 6 nitrogen and oxygen atoms in total. The summed E-state index contributed by atoms with van der Waals surface area (Å²) >= 11 is 0. The number of likely N-dealkylation sites (N-methyl/N-ethyl adjacent to an activating group) is 1. The molecule has 1 saturated carbocycles. The van der Waals surface area contributed by atoms with E-state index in [1.165, 1.54) is 0 Å². The zero-order valence-electron chi connectivity index (χ0n) is 21.6. The van der Waals surface area contributed by atoms with Crippen LogP contribution in [0.15, 0.2) is 54.6 Å². The summed E-state index contributed by atoms with van der Waals surface area (Å²) in [6, 6.07) is 18.0. The van der Waals surface area contributed by atoms with E-state index in [0.717, 1.165) is 67.5 Å². The smallest absolute Gasteiger partial charge is 0.252 e. The van der Waals surface area contributed by atoms with E-state index in [0.29, 0.717) is 5.75 Å². The molecule has 0 saturated heterocycles. The molecule has 0 heterocycles. The number of hydrogen-bond donors (Lipinski definition) is 1. The minimum absolute atomic E-state index is 0.0201. The molecule has 0 unspecified atom stereocenters. The first kappa shape index (κ1) is 26.9. The van der Waals surface area contributed by atoms with Crippen molar-refractivity contribution >= 4 is 17.1 Å². The van der Waals surface area contributed by atoms with Crippen LogP contribution in [-0.4, -0.2) is 64.1 Å². The Balaban J connectivity index is 1.76. The molecule has 0 aliphatic heterocycles. The number of rotatable bonds is 12. The van der Waals surface area contributed by atoms with E-state index >= 15 is 0 Å². The fraction of sp³-hybridized carbons (Fsp3) is 0.483. The van der Waals surface area contributed by atoms with Gasteiger partial charge < -0.3 is 24.4 Å². The average Bonchev–Trinajstić information content (AvgIpc) is 2.87. The van der Waals surface area contributed by atoms with Gasteiger partial charge in [0.05, 0.1) is 18.3 Å². The lowest BCUT2D eigenvalue weighted by atomic mass is 9.90. The van der Waals surface area contributed by atoms with Crippen molar-refractivity contribution in [2.24, 2.45) is 0 Å². The second kappa shape index (κ2) is 14.0. The Kier molecular flexibility index (Phi) is 10.8. The molecule has 2 aromatic rings. The van der Waals surface area contributed by atoms with E-state index in [-0.39, 0.29) is 24.8 Å². The van der Waals surface area contributed by atoms with Crippen LogP contribution in [0, 0.1) is 0 Å². The highest BCUT2D eigenvalue weighted by atomic mass is 16.7. The van der Waals surface area contributed by atoms with Crippen LogP contribution in [0.3, 0.4) is 0 Å². The maximum absolute atomic E-state index is 13.7. The van der Waals surface area contributed by atoms with Gasteiger partial charge in [0, 0.05) is 19.7 Å². The number of carbonyl (C=O) groups is 1. The molecular formula is C29H40N2O4. The van der Waals surface area contributed by atoms with Crippen molar-refractivity contribution in [1.29, 1.82) is 0 Å². The summed E-state index contributed by atoms with van der Waals surface area (Å²) in [5.74, 6) is 0.689. The van der Waals surface area contributed by atoms with Crippen LogP contribution in [0.2, 0.25) is 0 Å². The Morgan fingerprint density at radius 3 is 2.26 bits per heavy atom. The molecule has 0 atom stereocenters. The quantitative estimate of drug-likeness (QED) is 0.263. The summed E-state index contributed by atoms with van der Waals surface area (Å²) in [6.07, 6.45) is 4.85. The zero-order chi connectivity index (χ0) is 25.0. The van der Waals surface area contributed by atoms with Crippen molar-refractivity contribution in [2.75, 3.05) is 41.1 Å². The third-order valence-electron chi connectivity index (χ3n) is 6.39. The molecule has 0 aromatic heterocycles. The first-order valence-electron chi connectivity index (χ1n) is 12.6. The Bertz CT molecular complexity index is 933. The van der Waals surface area contributed by atoms with Gasteiger partial charge in [-0.1, -0.05) is 49.4 Å². The number of benzene rings is 2. The van der Waals surface area contributed by atoms with Gasteiger partial charge >= 0.3 is 0 Å². The van der Waals surface area contributed by atoms with Gasteiger partial charge in [0.1, 0.15) is 5.75 Å². The van der Waals surface area contributed by atoms with Crippen LogP contribution in [0.25, 0.3) is 11.1 Å². The molecular weight excluding hydrogens is 440 g/mol. The Hall–Kier alpha value is -2.67. The minimum atomic E-state index is -0.0201. The number of ether oxygens (including phenoxy) is 3. The Morgan fingerprint density at radius 1 is 0.971 bits per heavy atom. The minimum Gasteiger partial charge on any atom is -0.468 e. The fourth-order valence-corrected chi connectivity index (χ4v) is 4.49. The molecule has 0 radical (unpaired) electrons. The monoisotopic (exact) mass is 480 g/mol. The van der Waals surface area contributed by atoms with Crippen molar-refractivity contribution < 1.29 is 19.0 Å². The molecule has 1 N–H and O–H groups in total. The molecule has 3 rings (SSSR count). The Morgan fingerprint density at radius 2 is 1.66 bits per heavy atom. The van der Waals surface area contributed by atoms with Crippen LogP contribution in [0.1, 0.15) is 50.2 Å². The molecule has 1 fully saturated rings. The third kappa shape index (κ3) is 8.20. The van der Waals surface area contributed by atoms with Gasteiger partial charge in [-0.3, -0.25) is 4.79 Å². The number of allylic oxidation sites excluding steroid dienone is 1. The number of hydrogen-bond acceptors (Lipinski definition) is 5. The van der Waals surface area contributed by atoms with Gasteiger partial charge in [-0.25, -0.2) is 0 Å². The summed E-state index contributed by atoms with van der Waals surface area (Å²) in [4.78, 5) is 15.8. The van der Waals surface area contributed by atoms with Crippen LogP contribution in [0.4, 0.5) is 0 Å². The number of carbonyl (C=O) groups excluding carboxylic acids is 1. The molecule has 1 aliphatic carbocycles. The molecule has 0 bridgehead atoms. The third-order valence-corrected chi connectivity index (χ3v) is 6.39. The van der Waals surface area contributed by atoms with Crippen molar-refractivity contribution in [3.05, 3.63) is 65.7 Å². The largest absolute Gasteiger partial charge is 0.468 e. The number of amides is 1. The molecule has 1 amide bonds. The van der Waals surface area contributed by atoms with Gasteiger partial charge in [-0.2, -0.15) is 0 Å². The van der Waals surface area contributed by atoms with Crippen molar-refractivity contribution in [3.8, 4) is 5.75 Å². The fourth-order valence-electron chi connectivity index (χ4n) is 4.49. The van der Waals surface area contributed by atoms with Gasteiger partial charge in [0.15, 0.2) is 6.79 Å². The zero-order valence-corrected chi connectivity index (χ0v) is 21.6. The van der Waals surface area contributed by atoms with Gasteiger partial charge in [0.25, 0.3) is 5.91 Å². The topological polar surface area (TPSA) is 60.0 Å². The molecule has 1 aliphatic rings. The van der Waals surface area contributed by atoms with Crippen LogP contribution in [0.5, 0.6) is 5.75 Å². The van der Waals surface area contributed by atoms with E-state index in [2.05, 4.69) is 43.4 Å². The predicted octanol–water partition coefficient (Wildman–Crippen LogP) is 5.00. The lowest BCUT2D eigenvalue weighted by molar-refractivity contribution is -0.116. The highest BCUT2D eigenvalue weighted by Crippen LogP contribution is 2.31. The summed E-state index contributed by atoms with van der Waals surface area (Å²) in [6.45, 7) is 3.97. The standard InChI is InChI=1S/C29H40N2O4/c1-5-27(22-9-7-6-8-10-22)28(23-11-15-26(16-12-23)35-21-33-4)29(32)30-24-13-17-25(18-14-24)34-20-19-31(2)3/h6-12,15-16,24-25H,5,13-14,17-21H2,1-4H3,(H,30,32)/b28-27+. The van der Waals surface area contributed by atoms with Crippen LogP contribution >= 0.6 is 0 Å². The highest BCUT2D eigenvalue weighted by Gasteiger charge is 2.26. The molecule has 2 aromatic carbocycles. The number of methoxy groups -OCH3 is 1. The molecule has 0 spiro atoms. The van der Waals surface area contributed by atoms with E-state index in [1.54, 1.807) is 7.11 Å². The van der Waals surface area contributed by atoms with Crippen molar-refractivity contribution in [2.45, 2.75) is 51.2 Å². The van der Waals surface area contributed by atoms with E-state index in [9.17, 15) is 4.79 Å². The SMILES string of the molecule is CC/C(=C(\C(=O)NC1CCC(OCCN(C)C)CC1)c1ccc(OCOC)cc1)c1ccccc1. The maximum Gasteiger partial charge on any atom is 0.252 e. The molecule has 35 heavy (non-hydrogen) atoms. The second-order valence-corrected chi connectivity index (χ2v) is 9.27. The average molecular weight is 481 g/mol. The van der Waals surface area contributed by atoms with E-state index in [4.69, 9.17) is 14.2 Å². The molecule has 190 valence electrons. The van der Waals surface area contributed by atoms with Gasteiger partial charge in [-0.15, -0.1) is 0 Å². The first-order chi connectivity index (χ1) is 17.0. The summed E-state index contributed by atoms with van der Waals surface area (Å²) in [5.41, 5.74) is 3.71. The normalized spacial score (nSPS) is 18.8.